The molecule has 0 spiro atoms. The van der Waals surface area contributed by atoms with Gasteiger partial charge in [-0.05, 0) is 26.2 Å². The van der Waals surface area contributed by atoms with E-state index in [1.54, 1.807) is 0 Å². The summed E-state index contributed by atoms with van der Waals surface area (Å²) >= 11 is 0. The number of carbonyl (C=O) groups is 1. The van der Waals surface area contributed by atoms with E-state index >= 15 is 0 Å². The predicted octanol–water partition coefficient (Wildman–Crippen LogP) is 1.45. The van der Waals surface area contributed by atoms with Crippen LogP contribution in [0.3, 0.4) is 0 Å². The van der Waals surface area contributed by atoms with Crippen LogP contribution >= 0.6 is 12.4 Å². The molecule has 0 bridgehead atoms. The molecule has 0 aromatic heterocycles. The van der Waals surface area contributed by atoms with E-state index in [0.717, 1.165) is 19.3 Å². The van der Waals surface area contributed by atoms with Crippen molar-refractivity contribution < 1.29 is 9.53 Å². The average Bonchev–Trinajstić information content (AvgIpc) is 1.60. The van der Waals surface area contributed by atoms with E-state index in [9.17, 15) is 4.79 Å². The van der Waals surface area contributed by atoms with Gasteiger partial charge < -0.3 is 10.5 Å². The lowest BCUT2D eigenvalue weighted by Gasteiger charge is -2.36. The Labute approximate surface area is 66.3 Å². The summed E-state index contributed by atoms with van der Waals surface area (Å²) in [4.78, 5) is 10.2. The molecule has 4 heteroatoms. The van der Waals surface area contributed by atoms with Crippen LogP contribution < -0.4 is 5.73 Å². The monoisotopic (exact) mass is 165 g/mol. The van der Waals surface area contributed by atoms with Crippen LogP contribution in [0.25, 0.3) is 0 Å². The molecule has 0 heterocycles. The summed E-state index contributed by atoms with van der Waals surface area (Å²) in [5.41, 5.74) is 4.60. The van der Waals surface area contributed by atoms with E-state index in [1.807, 2.05) is 6.92 Å². The van der Waals surface area contributed by atoms with Gasteiger partial charge in [-0.25, -0.2) is 4.79 Å². The summed E-state index contributed by atoms with van der Waals surface area (Å²) in [6.07, 6.45) is 2.40. The van der Waals surface area contributed by atoms with Gasteiger partial charge in [-0.15, -0.1) is 12.4 Å². The van der Waals surface area contributed by atoms with Crippen molar-refractivity contribution in [2.75, 3.05) is 0 Å². The number of amides is 1. The summed E-state index contributed by atoms with van der Waals surface area (Å²) in [7, 11) is 0. The third-order valence-corrected chi connectivity index (χ3v) is 1.76. The highest BCUT2D eigenvalue weighted by atomic mass is 35.5. The van der Waals surface area contributed by atoms with Crippen molar-refractivity contribution >= 4 is 18.5 Å². The minimum atomic E-state index is -0.655. The minimum absolute atomic E-state index is 0. The zero-order valence-corrected chi connectivity index (χ0v) is 6.74. The maximum absolute atomic E-state index is 10.2. The first-order chi connectivity index (χ1) is 4.12. The van der Waals surface area contributed by atoms with E-state index in [-0.39, 0.29) is 18.0 Å². The van der Waals surface area contributed by atoms with Crippen LogP contribution in [0.5, 0.6) is 0 Å². The standard InChI is InChI=1S/C6H11NO2.ClH/c1-6(3-2-4-6)9-5(7)8;/h2-4H2,1H3,(H2,7,8);1H. The van der Waals surface area contributed by atoms with E-state index in [1.165, 1.54) is 0 Å². The topological polar surface area (TPSA) is 52.3 Å². The molecule has 0 aromatic rings. The third kappa shape index (κ3) is 2.06. The fourth-order valence-electron chi connectivity index (χ4n) is 1.02. The molecule has 1 aliphatic carbocycles. The first kappa shape index (κ1) is 9.56. The van der Waals surface area contributed by atoms with Crippen LogP contribution in [0.1, 0.15) is 26.2 Å². The summed E-state index contributed by atoms with van der Waals surface area (Å²) < 4.78 is 4.81. The van der Waals surface area contributed by atoms with Gasteiger partial charge >= 0.3 is 6.09 Å². The van der Waals surface area contributed by atoms with Crippen molar-refractivity contribution in [2.45, 2.75) is 31.8 Å². The molecule has 0 saturated heterocycles. The largest absolute Gasteiger partial charge is 0.443 e. The Bertz CT molecular complexity index is 134. The number of carbonyl (C=O) groups excluding carboxylic acids is 1. The second-order valence-electron chi connectivity index (χ2n) is 2.72. The zero-order chi connectivity index (χ0) is 6.91. The first-order valence-corrected chi connectivity index (χ1v) is 3.11. The molecule has 60 valence electrons. The quantitative estimate of drug-likeness (QED) is 0.640. The summed E-state index contributed by atoms with van der Waals surface area (Å²) in [5, 5.41) is 0. The van der Waals surface area contributed by atoms with Gasteiger partial charge in [0.15, 0.2) is 0 Å². The van der Waals surface area contributed by atoms with E-state index in [4.69, 9.17) is 10.5 Å². The van der Waals surface area contributed by atoms with Gasteiger partial charge in [-0.2, -0.15) is 0 Å². The summed E-state index contributed by atoms with van der Waals surface area (Å²) in [6, 6.07) is 0. The average molecular weight is 166 g/mol. The molecule has 3 nitrogen and oxygen atoms in total. The second kappa shape index (κ2) is 3.10. The van der Waals surface area contributed by atoms with Gasteiger partial charge in [0, 0.05) is 0 Å². The summed E-state index contributed by atoms with van der Waals surface area (Å²) in [5.74, 6) is 0. The zero-order valence-electron chi connectivity index (χ0n) is 5.92. The van der Waals surface area contributed by atoms with Gasteiger partial charge in [0.2, 0.25) is 0 Å². The first-order valence-electron chi connectivity index (χ1n) is 3.11. The number of primary amides is 1. The third-order valence-electron chi connectivity index (χ3n) is 1.76. The molecule has 2 N–H and O–H groups in total. The highest BCUT2D eigenvalue weighted by Gasteiger charge is 2.34. The SMILES string of the molecule is CC1(OC(N)=O)CCC1.Cl. The molecule has 0 aliphatic heterocycles. The maximum atomic E-state index is 10.2. The molecule has 0 unspecified atom stereocenters. The van der Waals surface area contributed by atoms with Crippen molar-refractivity contribution in [1.29, 1.82) is 0 Å². The van der Waals surface area contributed by atoms with Gasteiger partial charge in [-0.3, -0.25) is 0 Å². The van der Waals surface area contributed by atoms with Gasteiger partial charge in [0.1, 0.15) is 5.60 Å². The summed E-state index contributed by atoms with van der Waals surface area (Å²) in [6.45, 7) is 1.90. The number of rotatable bonds is 1. The van der Waals surface area contributed by atoms with Crippen LogP contribution in [0.4, 0.5) is 4.79 Å². The van der Waals surface area contributed by atoms with E-state index in [2.05, 4.69) is 0 Å². The van der Waals surface area contributed by atoms with Crippen molar-refractivity contribution in [3.05, 3.63) is 0 Å². The molecule has 0 aromatic carbocycles. The van der Waals surface area contributed by atoms with E-state index in [0.29, 0.717) is 0 Å². The number of nitrogens with two attached hydrogens (primary N) is 1. The fourth-order valence-corrected chi connectivity index (χ4v) is 1.02. The molecular weight excluding hydrogens is 154 g/mol. The normalized spacial score (nSPS) is 20.1. The maximum Gasteiger partial charge on any atom is 0.405 e. The van der Waals surface area contributed by atoms with Crippen molar-refractivity contribution in [3.63, 3.8) is 0 Å². The smallest absolute Gasteiger partial charge is 0.405 e. The molecule has 0 atom stereocenters. The Hall–Kier alpha value is -0.440. The van der Waals surface area contributed by atoms with Crippen molar-refractivity contribution in [3.8, 4) is 0 Å². The van der Waals surface area contributed by atoms with Gasteiger partial charge in [-0.1, -0.05) is 0 Å². The number of halogens is 1. The lowest BCUT2D eigenvalue weighted by atomic mass is 9.82. The number of hydrogen-bond donors (Lipinski definition) is 1. The molecule has 1 fully saturated rings. The van der Waals surface area contributed by atoms with Crippen LogP contribution in [0.2, 0.25) is 0 Å². The van der Waals surface area contributed by atoms with Crippen LogP contribution in [0, 0.1) is 0 Å². The van der Waals surface area contributed by atoms with Crippen LogP contribution in [-0.4, -0.2) is 11.7 Å². The lowest BCUT2D eigenvalue weighted by molar-refractivity contribution is -0.0278. The van der Waals surface area contributed by atoms with Crippen molar-refractivity contribution in [2.24, 2.45) is 5.73 Å². The van der Waals surface area contributed by atoms with Crippen LogP contribution in [0.15, 0.2) is 0 Å². The minimum Gasteiger partial charge on any atom is -0.443 e. The van der Waals surface area contributed by atoms with Gasteiger partial charge in [0.25, 0.3) is 0 Å². The molecule has 0 radical (unpaired) electrons. The highest BCUT2D eigenvalue weighted by Crippen LogP contribution is 2.34. The highest BCUT2D eigenvalue weighted by molar-refractivity contribution is 5.85. The predicted molar refractivity (Wildman–Crippen MR) is 40.2 cm³/mol. The molecular formula is C6H12ClNO2. The Morgan fingerprint density at radius 1 is 1.60 bits per heavy atom. The van der Waals surface area contributed by atoms with Crippen LogP contribution in [-0.2, 0) is 4.74 Å². The lowest BCUT2D eigenvalue weighted by Crippen LogP contribution is -2.40. The second-order valence-corrected chi connectivity index (χ2v) is 2.72. The molecule has 1 amide bonds. The Balaban J connectivity index is 0.000000810. The molecule has 1 saturated carbocycles. The Morgan fingerprint density at radius 3 is 2.20 bits per heavy atom. The number of ether oxygens (including phenoxy) is 1. The Kier molecular flexibility index (Phi) is 2.96. The van der Waals surface area contributed by atoms with E-state index < -0.39 is 6.09 Å². The molecule has 1 rings (SSSR count). The fraction of sp³-hybridized carbons (Fsp3) is 0.833. The molecule has 10 heavy (non-hydrogen) atoms. The molecule has 1 aliphatic rings. The van der Waals surface area contributed by atoms with Crippen molar-refractivity contribution in [1.82, 2.24) is 0 Å². The van der Waals surface area contributed by atoms with Gasteiger partial charge in [0.05, 0.1) is 0 Å². The number of hydrogen-bond acceptors (Lipinski definition) is 2. The Morgan fingerprint density at radius 2 is 2.10 bits per heavy atom.